The van der Waals surface area contributed by atoms with E-state index in [1.165, 1.54) is 5.56 Å². The summed E-state index contributed by atoms with van der Waals surface area (Å²) in [4.78, 5) is 9.45. The number of rotatable bonds is 7. The first-order valence-electron chi connectivity index (χ1n) is 12.4. The molecule has 8 heteroatoms. The fourth-order valence-corrected chi connectivity index (χ4v) is 6.04. The van der Waals surface area contributed by atoms with Crippen molar-refractivity contribution in [3.63, 3.8) is 0 Å². The summed E-state index contributed by atoms with van der Waals surface area (Å²) in [5.41, 5.74) is 12.9. The lowest BCUT2D eigenvalue weighted by molar-refractivity contribution is 0.292. The molecule has 2 aromatic heterocycles. The molecule has 0 aliphatic carbocycles. The molecule has 188 valence electrons. The molecule has 7 nitrogen and oxygen atoms in total. The van der Waals surface area contributed by atoms with E-state index in [0.29, 0.717) is 13.1 Å². The number of nitrogen functional groups attached to an aromatic ring is 1. The number of nitrogens with zero attached hydrogens (tertiary/aromatic N) is 4. The topological polar surface area (TPSA) is 84.5 Å². The summed E-state index contributed by atoms with van der Waals surface area (Å²) in [6, 6.07) is 20.5. The van der Waals surface area contributed by atoms with E-state index >= 15 is 0 Å². The highest BCUT2D eigenvalue weighted by Gasteiger charge is 2.21. The lowest BCUT2D eigenvalue weighted by Gasteiger charge is -2.26. The third kappa shape index (κ3) is 5.24. The van der Waals surface area contributed by atoms with Crippen molar-refractivity contribution in [3.05, 3.63) is 72.4 Å². The van der Waals surface area contributed by atoms with Gasteiger partial charge in [0, 0.05) is 61.4 Å². The molecule has 0 amide bonds. The second kappa shape index (κ2) is 9.95. The van der Waals surface area contributed by atoms with Crippen molar-refractivity contribution in [1.29, 1.82) is 0 Å². The summed E-state index contributed by atoms with van der Waals surface area (Å²) < 4.78 is 25.7. The second-order valence-electron chi connectivity index (χ2n) is 9.73. The molecule has 5 rings (SSSR count). The Hall–Kier alpha value is -3.36. The molecule has 4 aromatic rings. The van der Waals surface area contributed by atoms with E-state index < -0.39 is 9.84 Å². The Morgan fingerprint density at radius 3 is 2.47 bits per heavy atom. The highest BCUT2D eigenvalue weighted by Crippen LogP contribution is 2.29. The Labute approximate surface area is 213 Å². The molecule has 1 saturated heterocycles. The maximum Gasteiger partial charge on any atom is 0.152 e. The van der Waals surface area contributed by atoms with Gasteiger partial charge in [-0.15, -0.1) is 0 Å². The second-order valence-corrected chi connectivity index (χ2v) is 12.0. The molecule has 3 heterocycles. The Morgan fingerprint density at radius 2 is 1.75 bits per heavy atom. The Morgan fingerprint density at radius 1 is 1.00 bits per heavy atom. The number of anilines is 2. The van der Waals surface area contributed by atoms with Crippen LogP contribution in [0, 0.1) is 0 Å². The number of fused-ring (bicyclic) bond motifs is 1. The minimum absolute atomic E-state index is 0.270. The van der Waals surface area contributed by atoms with E-state index in [-0.39, 0.29) is 11.5 Å². The maximum absolute atomic E-state index is 11.7. The standard InChI is InChI=1S/C28H33N5O2S/c1-31(2)24-6-3-7-25(19-24)33-20-22(5-4-14-32-15-17-36(34,35)18-16-32)26-12-13-27(30-28(26)33)21-8-10-23(29)11-9-21/h3,6-13,19-20H,4-5,14-18,29H2,1-2H3. The van der Waals surface area contributed by atoms with Crippen LogP contribution < -0.4 is 10.6 Å². The monoisotopic (exact) mass is 503 g/mol. The van der Waals surface area contributed by atoms with Crippen molar-refractivity contribution >= 4 is 32.2 Å². The van der Waals surface area contributed by atoms with Gasteiger partial charge in [0.05, 0.1) is 17.2 Å². The summed E-state index contributed by atoms with van der Waals surface area (Å²) in [6.07, 6.45) is 4.08. The molecule has 0 bridgehead atoms. The van der Waals surface area contributed by atoms with Crippen LogP contribution in [0.4, 0.5) is 11.4 Å². The normalized spacial score (nSPS) is 15.8. The van der Waals surface area contributed by atoms with Crippen LogP contribution in [0.25, 0.3) is 28.0 Å². The van der Waals surface area contributed by atoms with Crippen LogP contribution in [0.5, 0.6) is 0 Å². The summed E-state index contributed by atoms with van der Waals surface area (Å²) in [7, 11) is 1.23. The van der Waals surface area contributed by atoms with Gasteiger partial charge >= 0.3 is 0 Å². The van der Waals surface area contributed by atoms with E-state index in [9.17, 15) is 8.42 Å². The number of benzene rings is 2. The number of nitrogens with two attached hydrogens (primary N) is 1. The first kappa shape index (κ1) is 24.3. The average molecular weight is 504 g/mol. The summed E-state index contributed by atoms with van der Waals surface area (Å²) in [5, 5.41) is 1.14. The highest BCUT2D eigenvalue weighted by atomic mass is 32.2. The molecule has 0 saturated carbocycles. The first-order valence-corrected chi connectivity index (χ1v) is 14.2. The number of hydrogen-bond donors (Lipinski definition) is 1. The smallest absolute Gasteiger partial charge is 0.152 e. The Kier molecular flexibility index (Phi) is 6.73. The summed E-state index contributed by atoms with van der Waals surface area (Å²) in [5.74, 6) is 0.540. The molecular weight excluding hydrogens is 470 g/mol. The molecule has 0 radical (unpaired) electrons. The zero-order valence-electron chi connectivity index (χ0n) is 20.9. The number of hydrogen-bond acceptors (Lipinski definition) is 6. The van der Waals surface area contributed by atoms with Crippen molar-refractivity contribution in [1.82, 2.24) is 14.5 Å². The van der Waals surface area contributed by atoms with E-state index in [4.69, 9.17) is 10.7 Å². The van der Waals surface area contributed by atoms with Gasteiger partial charge < -0.3 is 20.1 Å². The molecule has 1 aliphatic heterocycles. The predicted octanol–water partition coefficient (Wildman–Crippen LogP) is 4.00. The van der Waals surface area contributed by atoms with Gasteiger partial charge in [0.2, 0.25) is 0 Å². The lowest BCUT2D eigenvalue weighted by atomic mass is 10.1. The molecule has 2 aromatic carbocycles. The minimum atomic E-state index is -2.85. The van der Waals surface area contributed by atoms with E-state index in [1.54, 1.807) is 0 Å². The maximum atomic E-state index is 11.7. The largest absolute Gasteiger partial charge is 0.399 e. The number of aromatic nitrogens is 2. The summed E-state index contributed by atoms with van der Waals surface area (Å²) in [6.45, 7) is 2.16. The van der Waals surface area contributed by atoms with Gasteiger partial charge in [0.25, 0.3) is 0 Å². The van der Waals surface area contributed by atoms with Crippen molar-refractivity contribution < 1.29 is 8.42 Å². The average Bonchev–Trinajstić information content (AvgIpc) is 3.23. The highest BCUT2D eigenvalue weighted by molar-refractivity contribution is 7.91. The van der Waals surface area contributed by atoms with Crippen LogP contribution in [-0.4, -0.2) is 68.1 Å². The Balaban J connectivity index is 1.47. The third-order valence-electron chi connectivity index (χ3n) is 6.92. The predicted molar refractivity (Wildman–Crippen MR) is 149 cm³/mol. The summed E-state index contributed by atoms with van der Waals surface area (Å²) >= 11 is 0. The van der Waals surface area contributed by atoms with Gasteiger partial charge in [-0.25, -0.2) is 13.4 Å². The lowest BCUT2D eigenvalue weighted by Crippen LogP contribution is -2.40. The molecule has 1 aliphatic rings. The van der Waals surface area contributed by atoms with Crippen LogP contribution in [0.2, 0.25) is 0 Å². The number of aryl methyl sites for hydroxylation is 1. The minimum Gasteiger partial charge on any atom is -0.399 e. The molecule has 0 atom stereocenters. The van der Waals surface area contributed by atoms with Gasteiger partial charge in [0.1, 0.15) is 5.65 Å². The first-order chi connectivity index (χ1) is 17.3. The molecule has 0 unspecified atom stereocenters. The fraction of sp³-hybridized carbons (Fsp3) is 0.321. The molecule has 0 spiro atoms. The van der Waals surface area contributed by atoms with Gasteiger partial charge in [0.15, 0.2) is 9.84 Å². The molecule has 2 N–H and O–H groups in total. The van der Waals surface area contributed by atoms with Crippen LogP contribution >= 0.6 is 0 Å². The third-order valence-corrected chi connectivity index (χ3v) is 8.53. The molecular formula is C28H33N5O2S. The van der Waals surface area contributed by atoms with Crippen molar-refractivity contribution in [2.24, 2.45) is 0 Å². The van der Waals surface area contributed by atoms with Gasteiger partial charge in [-0.05, 0) is 67.4 Å². The van der Waals surface area contributed by atoms with Crippen LogP contribution in [0.15, 0.2) is 66.9 Å². The number of sulfone groups is 1. The van der Waals surface area contributed by atoms with Gasteiger partial charge in [-0.2, -0.15) is 0 Å². The number of pyridine rings is 1. The SMILES string of the molecule is CN(C)c1cccc(-n2cc(CCCN3CCS(=O)(=O)CC3)c3ccc(-c4ccc(N)cc4)nc32)c1. The quantitative estimate of drug-likeness (QED) is 0.384. The Bertz CT molecular complexity index is 1460. The molecule has 36 heavy (non-hydrogen) atoms. The molecule has 1 fully saturated rings. The van der Waals surface area contributed by atoms with Gasteiger partial charge in [-0.3, -0.25) is 0 Å². The zero-order chi connectivity index (χ0) is 25.3. The van der Waals surface area contributed by atoms with Gasteiger partial charge in [-0.1, -0.05) is 18.2 Å². The van der Waals surface area contributed by atoms with Crippen LogP contribution in [0.1, 0.15) is 12.0 Å². The van der Waals surface area contributed by atoms with Crippen LogP contribution in [0.3, 0.4) is 0 Å². The fourth-order valence-electron chi connectivity index (χ4n) is 4.77. The van der Waals surface area contributed by atoms with E-state index in [2.05, 4.69) is 57.0 Å². The van der Waals surface area contributed by atoms with Crippen LogP contribution in [-0.2, 0) is 16.3 Å². The van der Waals surface area contributed by atoms with E-state index in [1.807, 2.05) is 38.4 Å². The van der Waals surface area contributed by atoms with Crippen molar-refractivity contribution in [2.75, 3.05) is 55.9 Å². The van der Waals surface area contributed by atoms with E-state index in [0.717, 1.165) is 58.7 Å². The van der Waals surface area contributed by atoms with Crippen molar-refractivity contribution in [2.45, 2.75) is 12.8 Å². The van der Waals surface area contributed by atoms with Crippen molar-refractivity contribution in [3.8, 4) is 16.9 Å². The zero-order valence-corrected chi connectivity index (χ0v) is 21.7.